The summed E-state index contributed by atoms with van der Waals surface area (Å²) in [5.74, 6) is 1.40. The highest BCUT2D eigenvalue weighted by Crippen LogP contribution is 2.29. The van der Waals surface area contributed by atoms with Gasteiger partial charge in [0.1, 0.15) is 5.69 Å². The lowest BCUT2D eigenvalue weighted by molar-refractivity contribution is 0.122. The molecule has 0 atom stereocenters. The standard InChI is InChI=1S/C13H21BrN2O3/c1-16(7-9-19-8-5-14)10-11-13(18-3)12(17-2)4-6-15-11/h4,6H,5,7-10H2,1-3H3. The third kappa shape index (κ3) is 5.34. The van der Waals surface area contributed by atoms with Crippen molar-refractivity contribution in [1.29, 1.82) is 0 Å². The molecule has 108 valence electrons. The molecule has 0 fully saturated rings. The number of nitrogens with zero attached hydrogens (tertiary/aromatic N) is 2. The highest BCUT2D eigenvalue weighted by molar-refractivity contribution is 9.09. The maximum absolute atomic E-state index is 5.43. The number of aromatic nitrogens is 1. The molecule has 1 heterocycles. The molecule has 0 N–H and O–H groups in total. The molecule has 0 unspecified atom stereocenters. The molecular formula is C13H21BrN2O3. The molecule has 0 radical (unpaired) electrons. The summed E-state index contributed by atoms with van der Waals surface area (Å²) in [6, 6.07) is 1.79. The fourth-order valence-corrected chi connectivity index (χ4v) is 1.90. The van der Waals surface area contributed by atoms with Gasteiger partial charge in [0, 0.05) is 30.7 Å². The van der Waals surface area contributed by atoms with Gasteiger partial charge in [0.15, 0.2) is 11.5 Å². The van der Waals surface area contributed by atoms with Crippen LogP contribution in [0.3, 0.4) is 0 Å². The Morgan fingerprint density at radius 1 is 1.26 bits per heavy atom. The summed E-state index contributed by atoms with van der Waals surface area (Å²) in [5.41, 5.74) is 0.866. The van der Waals surface area contributed by atoms with Crippen molar-refractivity contribution >= 4 is 15.9 Å². The summed E-state index contributed by atoms with van der Waals surface area (Å²) in [4.78, 5) is 6.48. The zero-order valence-electron chi connectivity index (χ0n) is 11.7. The maximum atomic E-state index is 5.43. The molecule has 0 aliphatic rings. The SMILES string of the molecule is COc1ccnc(CN(C)CCOCCBr)c1OC. The number of alkyl halides is 1. The van der Waals surface area contributed by atoms with Gasteiger partial charge in [-0.05, 0) is 7.05 Å². The predicted molar refractivity (Wildman–Crippen MR) is 78.3 cm³/mol. The number of hydrogen-bond donors (Lipinski definition) is 0. The van der Waals surface area contributed by atoms with E-state index in [2.05, 4.69) is 25.8 Å². The summed E-state index contributed by atoms with van der Waals surface area (Å²) in [6.07, 6.45) is 1.73. The van der Waals surface area contributed by atoms with Gasteiger partial charge >= 0.3 is 0 Å². The van der Waals surface area contributed by atoms with Gasteiger partial charge in [0.25, 0.3) is 0 Å². The summed E-state index contributed by atoms with van der Waals surface area (Å²) in [6.45, 7) is 2.97. The molecule has 6 heteroatoms. The van der Waals surface area contributed by atoms with Crippen LogP contribution in [0.25, 0.3) is 0 Å². The molecule has 0 aliphatic heterocycles. The van der Waals surface area contributed by atoms with E-state index >= 15 is 0 Å². The molecule has 0 spiro atoms. The first-order valence-corrected chi connectivity index (χ1v) is 7.23. The van der Waals surface area contributed by atoms with Crippen LogP contribution in [0, 0.1) is 0 Å². The van der Waals surface area contributed by atoms with Gasteiger partial charge in [-0.2, -0.15) is 0 Å². The van der Waals surface area contributed by atoms with Crippen molar-refractivity contribution in [2.45, 2.75) is 6.54 Å². The monoisotopic (exact) mass is 332 g/mol. The van der Waals surface area contributed by atoms with Crippen LogP contribution in [0.1, 0.15) is 5.69 Å². The van der Waals surface area contributed by atoms with Crippen molar-refractivity contribution in [2.75, 3.05) is 46.4 Å². The van der Waals surface area contributed by atoms with E-state index in [4.69, 9.17) is 14.2 Å². The van der Waals surface area contributed by atoms with Gasteiger partial charge in [-0.25, -0.2) is 0 Å². The first-order valence-electron chi connectivity index (χ1n) is 6.11. The van der Waals surface area contributed by atoms with E-state index in [0.717, 1.165) is 24.2 Å². The Hall–Kier alpha value is -0.850. The summed E-state index contributed by atoms with van der Waals surface area (Å²) in [7, 11) is 5.28. The molecular weight excluding hydrogens is 312 g/mol. The lowest BCUT2D eigenvalue weighted by Crippen LogP contribution is -2.24. The third-order valence-electron chi connectivity index (χ3n) is 2.62. The predicted octanol–water partition coefficient (Wildman–Crippen LogP) is 1.94. The average molecular weight is 333 g/mol. The fourth-order valence-electron chi connectivity index (χ4n) is 1.67. The van der Waals surface area contributed by atoms with Gasteiger partial charge < -0.3 is 14.2 Å². The molecule has 0 saturated carbocycles. The van der Waals surface area contributed by atoms with Crippen LogP contribution in [0.2, 0.25) is 0 Å². The Kier molecular flexibility index (Phi) is 7.78. The molecule has 5 nitrogen and oxygen atoms in total. The molecule has 19 heavy (non-hydrogen) atoms. The van der Waals surface area contributed by atoms with Crippen LogP contribution >= 0.6 is 15.9 Å². The highest BCUT2D eigenvalue weighted by atomic mass is 79.9. The lowest BCUT2D eigenvalue weighted by atomic mass is 10.3. The molecule has 0 saturated heterocycles. The first kappa shape index (κ1) is 16.2. The molecule has 1 aromatic heterocycles. The number of pyridine rings is 1. The minimum atomic E-state index is 0.693. The van der Waals surface area contributed by atoms with Crippen molar-refractivity contribution in [3.8, 4) is 11.5 Å². The number of halogens is 1. The zero-order valence-corrected chi connectivity index (χ0v) is 13.3. The molecule has 0 amide bonds. The van der Waals surface area contributed by atoms with Gasteiger partial charge in [0.05, 0.1) is 27.4 Å². The molecule has 1 aromatic rings. The van der Waals surface area contributed by atoms with E-state index < -0.39 is 0 Å². The quantitative estimate of drug-likeness (QED) is 0.510. The molecule has 0 aliphatic carbocycles. The minimum Gasteiger partial charge on any atom is -0.493 e. The fraction of sp³-hybridized carbons (Fsp3) is 0.615. The van der Waals surface area contributed by atoms with E-state index in [0.29, 0.717) is 24.7 Å². The van der Waals surface area contributed by atoms with Crippen LogP contribution in [0.15, 0.2) is 12.3 Å². The van der Waals surface area contributed by atoms with Crippen LogP contribution in [0.5, 0.6) is 11.5 Å². The number of hydrogen-bond acceptors (Lipinski definition) is 5. The van der Waals surface area contributed by atoms with Gasteiger partial charge in [-0.1, -0.05) is 15.9 Å². The lowest BCUT2D eigenvalue weighted by Gasteiger charge is -2.18. The van der Waals surface area contributed by atoms with Crippen LogP contribution < -0.4 is 9.47 Å². The largest absolute Gasteiger partial charge is 0.493 e. The molecule has 0 bridgehead atoms. The normalized spacial score (nSPS) is 10.8. The number of rotatable bonds is 9. The Morgan fingerprint density at radius 3 is 2.68 bits per heavy atom. The second-order valence-electron chi connectivity index (χ2n) is 4.03. The summed E-state index contributed by atoms with van der Waals surface area (Å²) in [5, 5.41) is 0.863. The average Bonchev–Trinajstić information content (AvgIpc) is 2.43. The third-order valence-corrected chi connectivity index (χ3v) is 2.95. The van der Waals surface area contributed by atoms with Crippen LogP contribution in [-0.2, 0) is 11.3 Å². The Morgan fingerprint density at radius 2 is 2.05 bits per heavy atom. The van der Waals surface area contributed by atoms with E-state index in [1.807, 2.05) is 7.05 Å². The topological polar surface area (TPSA) is 43.8 Å². The number of likely N-dealkylation sites (N-methyl/N-ethyl adjacent to an activating group) is 1. The molecule has 1 rings (SSSR count). The first-order chi connectivity index (χ1) is 9.22. The Labute approximate surface area is 123 Å². The van der Waals surface area contributed by atoms with Gasteiger partial charge in [-0.3, -0.25) is 9.88 Å². The number of methoxy groups -OCH3 is 2. The van der Waals surface area contributed by atoms with Crippen molar-refractivity contribution < 1.29 is 14.2 Å². The Balaban J connectivity index is 2.56. The summed E-state index contributed by atoms with van der Waals surface area (Å²) < 4.78 is 16.0. The Bertz CT molecular complexity index is 377. The van der Waals surface area contributed by atoms with Crippen molar-refractivity contribution in [3.63, 3.8) is 0 Å². The molecule has 0 aromatic carbocycles. The smallest absolute Gasteiger partial charge is 0.183 e. The van der Waals surface area contributed by atoms with Crippen LogP contribution in [0.4, 0.5) is 0 Å². The second-order valence-corrected chi connectivity index (χ2v) is 4.83. The van der Waals surface area contributed by atoms with Crippen molar-refractivity contribution in [1.82, 2.24) is 9.88 Å². The van der Waals surface area contributed by atoms with E-state index in [1.165, 1.54) is 0 Å². The van der Waals surface area contributed by atoms with E-state index in [-0.39, 0.29) is 0 Å². The highest BCUT2D eigenvalue weighted by Gasteiger charge is 2.12. The van der Waals surface area contributed by atoms with E-state index in [1.54, 1.807) is 26.5 Å². The second kappa shape index (κ2) is 9.12. The van der Waals surface area contributed by atoms with Crippen LogP contribution in [-0.4, -0.2) is 56.2 Å². The van der Waals surface area contributed by atoms with Gasteiger partial charge in [0.2, 0.25) is 0 Å². The van der Waals surface area contributed by atoms with Crippen molar-refractivity contribution in [3.05, 3.63) is 18.0 Å². The van der Waals surface area contributed by atoms with E-state index in [9.17, 15) is 0 Å². The zero-order chi connectivity index (χ0) is 14.1. The van der Waals surface area contributed by atoms with Crippen molar-refractivity contribution in [2.24, 2.45) is 0 Å². The number of ether oxygens (including phenoxy) is 3. The maximum Gasteiger partial charge on any atom is 0.183 e. The summed E-state index contributed by atoms with van der Waals surface area (Å²) >= 11 is 3.33. The minimum absolute atomic E-state index is 0.693. The van der Waals surface area contributed by atoms with Gasteiger partial charge in [-0.15, -0.1) is 0 Å².